The van der Waals surface area contributed by atoms with E-state index in [-0.39, 0.29) is 41.7 Å². The third-order valence-electron chi connectivity index (χ3n) is 4.36. The highest BCUT2D eigenvalue weighted by Gasteiger charge is 2.29. The van der Waals surface area contributed by atoms with Crippen molar-refractivity contribution in [1.82, 2.24) is 9.88 Å². The minimum Gasteiger partial charge on any atom is -0.481 e. The molecule has 1 aliphatic rings. The number of hydrogen-bond donors (Lipinski definition) is 0. The number of likely N-dealkylation sites (tertiary alicyclic amines) is 1. The fourth-order valence-electron chi connectivity index (χ4n) is 2.92. The summed E-state index contributed by atoms with van der Waals surface area (Å²) < 4.78 is 29.1. The predicted octanol–water partition coefficient (Wildman–Crippen LogP) is 2.81. The lowest BCUT2D eigenvalue weighted by Gasteiger charge is -2.30. The number of hydrogen-bond acceptors (Lipinski definition) is 6. The molecule has 1 saturated heterocycles. The van der Waals surface area contributed by atoms with Gasteiger partial charge in [0.2, 0.25) is 5.89 Å². The number of ether oxygens (including phenoxy) is 2. The number of para-hydroxylation sites is 1. The number of amides is 1. The molecule has 1 fully saturated rings. The second kappa shape index (κ2) is 8.66. The van der Waals surface area contributed by atoms with E-state index in [9.17, 15) is 14.0 Å². The maximum Gasteiger partial charge on any atom is 0.309 e. The third-order valence-corrected chi connectivity index (χ3v) is 4.36. The number of aromatic nitrogens is 1. The molecule has 0 atom stereocenters. The minimum atomic E-state index is -0.482. The molecule has 0 unspecified atom stereocenters. The topological polar surface area (TPSA) is 81.9 Å². The molecule has 7 nitrogen and oxygen atoms in total. The van der Waals surface area contributed by atoms with E-state index >= 15 is 0 Å². The molecule has 0 aliphatic carbocycles. The Morgan fingerprint density at radius 2 is 2.04 bits per heavy atom. The molecule has 2 aromatic rings. The van der Waals surface area contributed by atoms with E-state index in [2.05, 4.69) is 4.98 Å². The van der Waals surface area contributed by atoms with Gasteiger partial charge in [-0.3, -0.25) is 9.59 Å². The summed E-state index contributed by atoms with van der Waals surface area (Å²) in [7, 11) is 0. The minimum absolute atomic E-state index is 0.0842. The highest BCUT2D eigenvalue weighted by Crippen LogP contribution is 2.21. The molecule has 0 bridgehead atoms. The second-order valence-electron chi connectivity index (χ2n) is 6.16. The lowest BCUT2D eigenvalue weighted by molar-refractivity contribution is -0.149. The first-order chi connectivity index (χ1) is 13.1. The van der Waals surface area contributed by atoms with Gasteiger partial charge in [0.25, 0.3) is 5.91 Å². The van der Waals surface area contributed by atoms with Crippen LogP contribution in [0.5, 0.6) is 5.75 Å². The molecule has 0 saturated carbocycles. The normalized spacial score (nSPS) is 14.8. The Labute approximate surface area is 156 Å². The van der Waals surface area contributed by atoms with Crippen molar-refractivity contribution in [2.75, 3.05) is 19.7 Å². The standard InChI is InChI=1S/C19H21FN2O5/c1-2-25-19(24)13-7-9-22(10-8-13)18(23)15-11-27-17(21-15)12-26-16-6-4-3-5-14(16)20/h3-6,11,13H,2,7-10,12H2,1H3. The van der Waals surface area contributed by atoms with Crippen LogP contribution in [0, 0.1) is 11.7 Å². The van der Waals surface area contributed by atoms with Crippen LogP contribution in [0.4, 0.5) is 4.39 Å². The third kappa shape index (κ3) is 4.64. The van der Waals surface area contributed by atoms with Crippen molar-refractivity contribution in [2.45, 2.75) is 26.4 Å². The molecule has 1 amide bonds. The Bertz CT molecular complexity index is 799. The van der Waals surface area contributed by atoms with Crippen molar-refractivity contribution in [3.8, 4) is 5.75 Å². The number of halogens is 1. The Hall–Kier alpha value is -2.90. The van der Waals surface area contributed by atoms with Gasteiger partial charge in [0, 0.05) is 13.1 Å². The number of nitrogens with zero attached hydrogens (tertiary/aromatic N) is 2. The summed E-state index contributed by atoms with van der Waals surface area (Å²) in [6.07, 6.45) is 2.39. The molecule has 2 heterocycles. The lowest BCUT2D eigenvalue weighted by Crippen LogP contribution is -2.40. The molecular weight excluding hydrogens is 355 g/mol. The molecule has 1 aromatic heterocycles. The largest absolute Gasteiger partial charge is 0.481 e. The van der Waals surface area contributed by atoms with Gasteiger partial charge in [-0.05, 0) is 31.9 Å². The van der Waals surface area contributed by atoms with Gasteiger partial charge in [-0.1, -0.05) is 12.1 Å². The van der Waals surface area contributed by atoms with E-state index in [1.165, 1.54) is 18.4 Å². The number of oxazole rings is 1. The number of piperidine rings is 1. The van der Waals surface area contributed by atoms with Gasteiger partial charge in [0.1, 0.15) is 6.26 Å². The first kappa shape index (κ1) is 18.9. The number of esters is 1. The van der Waals surface area contributed by atoms with Crippen LogP contribution in [0.3, 0.4) is 0 Å². The molecular formula is C19H21FN2O5. The first-order valence-electron chi connectivity index (χ1n) is 8.86. The van der Waals surface area contributed by atoms with Crippen molar-refractivity contribution < 1.29 is 27.9 Å². The maximum absolute atomic E-state index is 13.5. The summed E-state index contributed by atoms with van der Waals surface area (Å²) in [5.74, 6) is -0.856. The van der Waals surface area contributed by atoms with Gasteiger partial charge in [0.15, 0.2) is 23.9 Å². The van der Waals surface area contributed by atoms with E-state index in [0.717, 1.165) is 0 Å². The predicted molar refractivity (Wildman–Crippen MR) is 92.5 cm³/mol. The van der Waals surface area contributed by atoms with Crippen molar-refractivity contribution >= 4 is 11.9 Å². The van der Waals surface area contributed by atoms with Crippen molar-refractivity contribution in [3.63, 3.8) is 0 Å². The second-order valence-corrected chi connectivity index (χ2v) is 6.16. The first-order valence-corrected chi connectivity index (χ1v) is 8.86. The van der Waals surface area contributed by atoms with Gasteiger partial charge in [-0.25, -0.2) is 9.37 Å². The fraction of sp³-hybridized carbons (Fsp3) is 0.421. The van der Waals surface area contributed by atoms with Crippen LogP contribution in [-0.4, -0.2) is 41.5 Å². The van der Waals surface area contributed by atoms with Gasteiger partial charge in [0.05, 0.1) is 12.5 Å². The maximum atomic E-state index is 13.5. The summed E-state index contributed by atoms with van der Waals surface area (Å²) in [4.78, 5) is 30.0. The van der Waals surface area contributed by atoms with Crippen molar-refractivity contribution in [3.05, 3.63) is 47.9 Å². The number of benzene rings is 1. The Morgan fingerprint density at radius 3 is 2.74 bits per heavy atom. The summed E-state index contributed by atoms with van der Waals surface area (Å²) in [6.45, 7) is 2.95. The highest BCUT2D eigenvalue weighted by atomic mass is 19.1. The molecule has 3 rings (SSSR count). The average molecular weight is 376 g/mol. The van der Waals surface area contributed by atoms with E-state index in [1.807, 2.05) is 0 Å². The van der Waals surface area contributed by atoms with E-state index in [4.69, 9.17) is 13.9 Å². The Balaban J connectivity index is 1.53. The SMILES string of the molecule is CCOC(=O)C1CCN(C(=O)c2coc(COc3ccccc3F)n2)CC1. The van der Waals surface area contributed by atoms with Crippen LogP contribution in [0.1, 0.15) is 36.1 Å². The number of carbonyl (C=O) groups excluding carboxylic acids is 2. The van der Waals surface area contributed by atoms with Gasteiger partial charge < -0.3 is 18.8 Å². The van der Waals surface area contributed by atoms with Crippen LogP contribution < -0.4 is 4.74 Å². The zero-order valence-corrected chi connectivity index (χ0v) is 15.0. The number of rotatable bonds is 6. The van der Waals surface area contributed by atoms with Crippen molar-refractivity contribution in [2.24, 2.45) is 5.92 Å². The van der Waals surface area contributed by atoms with Crippen LogP contribution >= 0.6 is 0 Å². The summed E-state index contributed by atoms with van der Waals surface area (Å²) in [6, 6.07) is 6.01. The molecule has 144 valence electrons. The van der Waals surface area contributed by atoms with Crippen LogP contribution in [0.25, 0.3) is 0 Å². The Morgan fingerprint density at radius 1 is 1.30 bits per heavy atom. The summed E-state index contributed by atoms with van der Waals surface area (Å²) in [5, 5.41) is 0. The molecule has 27 heavy (non-hydrogen) atoms. The van der Waals surface area contributed by atoms with Gasteiger partial charge in [-0.15, -0.1) is 0 Å². The Kier molecular flexibility index (Phi) is 6.05. The molecule has 0 radical (unpaired) electrons. The molecule has 0 N–H and O–H groups in total. The van der Waals surface area contributed by atoms with Crippen LogP contribution in [-0.2, 0) is 16.1 Å². The van der Waals surface area contributed by atoms with E-state index < -0.39 is 5.82 Å². The summed E-state index contributed by atoms with van der Waals surface area (Å²) in [5.41, 5.74) is 0.164. The quantitative estimate of drug-likeness (QED) is 0.721. The highest BCUT2D eigenvalue weighted by molar-refractivity contribution is 5.92. The molecule has 1 aromatic carbocycles. The smallest absolute Gasteiger partial charge is 0.309 e. The monoisotopic (exact) mass is 376 g/mol. The summed E-state index contributed by atoms with van der Waals surface area (Å²) >= 11 is 0. The number of carbonyl (C=O) groups is 2. The van der Waals surface area contributed by atoms with E-state index in [0.29, 0.717) is 32.5 Å². The molecule has 1 aliphatic heterocycles. The molecule has 8 heteroatoms. The van der Waals surface area contributed by atoms with Crippen LogP contribution in [0.2, 0.25) is 0 Å². The molecule has 0 spiro atoms. The fourth-order valence-corrected chi connectivity index (χ4v) is 2.92. The van der Waals surface area contributed by atoms with E-state index in [1.54, 1.807) is 24.0 Å². The zero-order valence-electron chi connectivity index (χ0n) is 15.0. The lowest BCUT2D eigenvalue weighted by atomic mass is 9.97. The van der Waals surface area contributed by atoms with Gasteiger partial charge >= 0.3 is 5.97 Å². The van der Waals surface area contributed by atoms with Crippen LogP contribution in [0.15, 0.2) is 34.9 Å². The van der Waals surface area contributed by atoms with Gasteiger partial charge in [-0.2, -0.15) is 0 Å². The van der Waals surface area contributed by atoms with Crippen molar-refractivity contribution in [1.29, 1.82) is 0 Å². The average Bonchev–Trinajstić information content (AvgIpc) is 3.16. The zero-order chi connectivity index (χ0) is 19.2.